The van der Waals surface area contributed by atoms with Crippen molar-refractivity contribution in [1.29, 1.82) is 0 Å². The second-order valence-corrected chi connectivity index (χ2v) is 23.5. The van der Waals surface area contributed by atoms with Gasteiger partial charge in [0.25, 0.3) is 0 Å². The van der Waals surface area contributed by atoms with Crippen molar-refractivity contribution in [3.8, 4) is 44.8 Å². The first-order valence-electron chi connectivity index (χ1n) is 30.4. The number of aromatic nitrogens is 2. The van der Waals surface area contributed by atoms with Crippen LogP contribution in [-0.2, 0) is 5.41 Å². The highest BCUT2D eigenvalue weighted by Crippen LogP contribution is 2.59. The van der Waals surface area contributed by atoms with E-state index in [1.165, 1.54) is 118 Å². The first kappa shape index (κ1) is 49.9. The molecule has 2 aliphatic carbocycles. The van der Waals surface area contributed by atoms with Gasteiger partial charge in [-0.1, -0.05) is 213 Å². The molecule has 0 unspecified atom stereocenters. The van der Waals surface area contributed by atoms with Crippen molar-refractivity contribution in [3.63, 3.8) is 0 Å². The summed E-state index contributed by atoms with van der Waals surface area (Å²) in [7, 11) is 0. The van der Waals surface area contributed by atoms with Gasteiger partial charge in [0, 0.05) is 72.5 Å². The Kier molecular flexibility index (Phi) is 11.8. The van der Waals surface area contributed by atoms with E-state index in [1.807, 2.05) is 0 Å². The Morgan fingerprint density at radius 1 is 0.267 bits per heavy atom. The fraction of sp³-hybridized carbons (Fsp3) is 0.0732. The Balaban J connectivity index is 0.803. The highest BCUT2D eigenvalue weighted by molar-refractivity contribution is 6.10. The van der Waals surface area contributed by atoms with Gasteiger partial charge in [-0.2, -0.15) is 0 Å². The van der Waals surface area contributed by atoms with Crippen LogP contribution in [0.5, 0.6) is 0 Å². The van der Waals surface area contributed by atoms with Gasteiger partial charge in [-0.05, 0) is 177 Å². The number of hydrogen-bond donors (Lipinski definition) is 0. The van der Waals surface area contributed by atoms with Crippen molar-refractivity contribution >= 4 is 88.5 Å². The summed E-state index contributed by atoms with van der Waals surface area (Å²) in [6.45, 7) is 0. The Labute approximate surface area is 501 Å². The summed E-state index contributed by atoms with van der Waals surface area (Å²) in [5.74, 6) is 0. The number of nitrogens with zero attached hydrogens (tertiary/aromatic N) is 4. The molecule has 4 nitrogen and oxygen atoms in total. The van der Waals surface area contributed by atoms with Gasteiger partial charge in [-0.3, -0.25) is 0 Å². The number of hydrogen-bond acceptors (Lipinski definition) is 2. The predicted molar refractivity (Wildman–Crippen MR) is 362 cm³/mol. The van der Waals surface area contributed by atoms with Crippen molar-refractivity contribution in [1.82, 2.24) is 9.13 Å². The lowest BCUT2D eigenvalue weighted by Gasteiger charge is -2.37. The molecule has 0 radical (unpaired) electrons. The SMILES string of the molecule is c1ccc(-c2ccc(N(c3cccc(-n4c5ccccc5c5ccccc54)c3)c3ccc4c(c3)C3(CCCCC3)c3c-4ccc4cc(N(c5ccc(-c6ccccc6)cc5)c5cccc(-n6c7ccccc7c7ccccc76)c5)ccc34)cc2)cc1. The molecule has 13 aromatic carbocycles. The number of benzene rings is 13. The van der Waals surface area contributed by atoms with Gasteiger partial charge in [0.15, 0.2) is 0 Å². The Morgan fingerprint density at radius 3 is 1.15 bits per heavy atom. The van der Waals surface area contributed by atoms with Crippen LogP contribution in [0.2, 0.25) is 0 Å². The summed E-state index contributed by atoms with van der Waals surface area (Å²) in [5.41, 5.74) is 24.1. The largest absolute Gasteiger partial charge is 0.310 e. The molecule has 15 aromatic rings. The van der Waals surface area contributed by atoms with Gasteiger partial charge >= 0.3 is 0 Å². The Morgan fingerprint density at radius 2 is 0.663 bits per heavy atom. The van der Waals surface area contributed by atoms with E-state index in [0.717, 1.165) is 58.3 Å². The van der Waals surface area contributed by atoms with E-state index in [9.17, 15) is 0 Å². The lowest BCUT2D eigenvalue weighted by atomic mass is 9.67. The highest BCUT2D eigenvalue weighted by atomic mass is 15.2. The van der Waals surface area contributed by atoms with Crippen LogP contribution < -0.4 is 9.80 Å². The summed E-state index contributed by atoms with van der Waals surface area (Å²) >= 11 is 0. The highest BCUT2D eigenvalue weighted by Gasteiger charge is 2.45. The van der Waals surface area contributed by atoms with E-state index >= 15 is 0 Å². The maximum absolute atomic E-state index is 2.57. The number of anilines is 6. The van der Waals surface area contributed by atoms with Crippen molar-refractivity contribution in [3.05, 3.63) is 314 Å². The van der Waals surface area contributed by atoms with Crippen LogP contribution in [0.3, 0.4) is 0 Å². The molecule has 1 saturated carbocycles. The van der Waals surface area contributed by atoms with Crippen molar-refractivity contribution in [2.75, 3.05) is 9.80 Å². The van der Waals surface area contributed by atoms with Crippen LogP contribution in [0.4, 0.5) is 34.1 Å². The van der Waals surface area contributed by atoms with E-state index in [4.69, 9.17) is 0 Å². The monoisotopic (exact) mass is 1100 g/mol. The van der Waals surface area contributed by atoms with Gasteiger partial charge in [0.05, 0.1) is 22.1 Å². The summed E-state index contributed by atoms with van der Waals surface area (Å²) < 4.78 is 4.86. The van der Waals surface area contributed by atoms with Crippen LogP contribution in [0.15, 0.2) is 303 Å². The molecule has 408 valence electrons. The van der Waals surface area contributed by atoms with Gasteiger partial charge in [-0.15, -0.1) is 0 Å². The lowest BCUT2D eigenvalue weighted by Crippen LogP contribution is -2.28. The molecule has 0 bridgehead atoms. The fourth-order valence-corrected chi connectivity index (χ4v) is 15.0. The molecule has 2 aliphatic rings. The maximum Gasteiger partial charge on any atom is 0.0541 e. The zero-order chi connectivity index (χ0) is 56.7. The second-order valence-electron chi connectivity index (χ2n) is 23.5. The molecular weight excluding hydrogens is 1040 g/mol. The minimum Gasteiger partial charge on any atom is -0.310 e. The predicted octanol–water partition coefficient (Wildman–Crippen LogP) is 22.5. The zero-order valence-corrected chi connectivity index (χ0v) is 47.7. The number of para-hydroxylation sites is 4. The molecule has 17 rings (SSSR count). The second kappa shape index (κ2) is 20.3. The minimum atomic E-state index is -0.142. The Bertz CT molecular complexity index is 4980. The smallest absolute Gasteiger partial charge is 0.0541 e. The molecule has 86 heavy (non-hydrogen) atoms. The third-order valence-electron chi connectivity index (χ3n) is 18.8. The third-order valence-corrected chi connectivity index (χ3v) is 18.8. The zero-order valence-electron chi connectivity index (χ0n) is 47.7. The molecule has 1 fully saturated rings. The van der Waals surface area contributed by atoms with Crippen molar-refractivity contribution < 1.29 is 0 Å². The topological polar surface area (TPSA) is 16.3 Å². The first-order valence-corrected chi connectivity index (χ1v) is 30.4. The maximum atomic E-state index is 2.57. The average Bonchev–Trinajstić information content (AvgIpc) is 1.78. The fourth-order valence-electron chi connectivity index (χ4n) is 15.0. The van der Waals surface area contributed by atoms with Gasteiger partial charge in [0.1, 0.15) is 0 Å². The van der Waals surface area contributed by atoms with Crippen molar-refractivity contribution in [2.45, 2.75) is 37.5 Å². The quantitative estimate of drug-likeness (QED) is 0.136. The van der Waals surface area contributed by atoms with E-state index in [0.29, 0.717) is 0 Å². The average molecular weight is 1100 g/mol. The standard InChI is InChI=1S/C82H60N4/c1-4-20-56(21-5-1)58-36-41-61(42-37-58)83(63-24-18-26-65(53-63)85-77-32-12-8-28-71(77)72-29-9-13-33-78(72)85)67-45-48-69-60(52-67)40-47-75-70-49-46-68(55-76(70)82(81(69)75)50-16-3-17-51-82)84(62-43-38-59(39-44-62)57-22-6-2-7-23-57)64-25-19-27-66(54-64)86-79-34-14-10-30-73(79)74-31-11-15-35-80(74)86/h1-2,4-15,18-49,52-55H,3,16-17,50-51H2. The van der Waals surface area contributed by atoms with Crippen LogP contribution in [-0.4, -0.2) is 9.13 Å². The summed E-state index contributed by atoms with van der Waals surface area (Å²) in [6, 6.07) is 113. The van der Waals surface area contributed by atoms with Crippen molar-refractivity contribution in [2.24, 2.45) is 0 Å². The van der Waals surface area contributed by atoms with Gasteiger partial charge in [0.2, 0.25) is 0 Å². The molecule has 2 aromatic heterocycles. The molecule has 0 aliphatic heterocycles. The molecule has 4 heteroatoms. The van der Waals surface area contributed by atoms with E-state index < -0.39 is 0 Å². The Hall–Kier alpha value is -10.7. The van der Waals surface area contributed by atoms with Gasteiger partial charge in [-0.25, -0.2) is 0 Å². The summed E-state index contributed by atoms with van der Waals surface area (Å²) in [4.78, 5) is 4.95. The van der Waals surface area contributed by atoms with Crippen LogP contribution in [0, 0.1) is 0 Å². The molecule has 0 amide bonds. The molecule has 0 N–H and O–H groups in total. The van der Waals surface area contributed by atoms with E-state index in [2.05, 4.69) is 322 Å². The van der Waals surface area contributed by atoms with E-state index in [1.54, 1.807) is 0 Å². The van der Waals surface area contributed by atoms with Crippen LogP contribution >= 0.6 is 0 Å². The van der Waals surface area contributed by atoms with E-state index in [-0.39, 0.29) is 5.41 Å². The number of fused-ring (bicyclic) bond motifs is 13. The minimum absolute atomic E-state index is 0.142. The summed E-state index contributed by atoms with van der Waals surface area (Å²) in [6.07, 6.45) is 5.86. The summed E-state index contributed by atoms with van der Waals surface area (Å²) in [5, 5.41) is 7.63. The molecule has 0 saturated heterocycles. The normalized spacial score (nSPS) is 13.4. The molecular formula is C82H60N4. The van der Waals surface area contributed by atoms with Crippen LogP contribution in [0.25, 0.3) is 99.1 Å². The third kappa shape index (κ3) is 8.05. The molecule has 1 spiro atoms. The first-order chi connectivity index (χ1) is 42.6. The molecule has 0 atom stereocenters. The van der Waals surface area contributed by atoms with Crippen LogP contribution in [0.1, 0.15) is 43.2 Å². The molecule has 2 heterocycles. The van der Waals surface area contributed by atoms with Gasteiger partial charge < -0.3 is 18.9 Å². The lowest BCUT2D eigenvalue weighted by molar-refractivity contribution is 0.355. The number of rotatable bonds is 10.